The average Bonchev–Trinajstić information content (AvgIpc) is 2.88. The first kappa shape index (κ1) is 17.2. The summed E-state index contributed by atoms with van der Waals surface area (Å²) in [7, 11) is 0. The van der Waals surface area contributed by atoms with Gasteiger partial charge in [-0.1, -0.05) is 53.2 Å². The highest BCUT2D eigenvalue weighted by atomic mass is 79.9. The smallest absolute Gasteiger partial charge is 0.318 e. The Balaban J connectivity index is 1.86. The third kappa shape index (κ3) is 3.02. The second-order valence-electron chi connectivity index (χ2n) is 5.64. The lowest BCUT2D eigenvalue weighted by atomic mass is 9.87. The molecule has 128 valence electrons. The van der Waals surface area contributed by atoms with Crippen LogP contribution < -0.4 is 10.7 Å². The fourth-order valence-corrected chi connectivity index (χ4v) is 3.07. The molecule has 2 aromatic rings. The van der Waals surface area contributed by atoms with Crippen molar-refractivity contribution in [2.75, 3.05) is 0 Å². The van der Waals surface area contributed by atoms with Gasteiger partial charge in [-0.15, -0.1) is 0 Å². The van der Waals surface area contributed by atoms with Crippen molar-refractivity contribution in [1.29, 1.82) is 0 Å². The van der Waals surface area contributed by atoms with E-state index in [2.05, 4.69) is 26.7 Å². The fourth-order valence-electron chi connectivity index (χ4n) is 2.81. The van der Waals surface area contributed by atoms with Gasteiger partial charge >= 0.3 is 6.03 Å². The SMILES string of the molecule is CCC1(c2ccccc2)NC(=O)N(NC(=O)c2ccc(Br)cc2)C1=O. The molecule has 2 N–H and O–H groups in total. The molecule has 1 atom stereocenters. The van der Waals surface area contributed by atoms with Crippen LogP contribution in [-0.4, -0.2) is 22.9 Å². The minimum atomic E-state index is -1.18. The van der Waals surface area contributed by atoms with Crippen molar-refractivity contribution >= 4 is 33.8 Å². The Morgan fingerprint density at radius 3 is 2.36 bits per heavy atom. The van der Waals surface area contributed by atoms with E-state index in [-0.39, 0.29) is 0 Å². The lowest BCUT2D eigenvalue weighted by Crippen LogP contribution is -2.48. The van der Waals surface area contributed by atoms with Crippen LogP contribution >= 0.6 is 15.9 Å². The third-order valence-corrected chi connectivity index (χ3v) is 4.74. The van der Waals surface area contributed by atoms with Crippen molar-refractivity contribution in [3.63, 3.8) is 0 Å². The molecule has 0 bridgehead atoms. The summed E-state index contributed by atoms with van der Waals surface area (Å²) in [4.78, 5) is 37.6. The van der Waals surface area contributed by atoms with Crippen LogP contribution in [0.5, 0.6) is 0 Å². The maximum atomic E-state index is 12.9. The van der Waals surface area contributed by atoms with Crippen molar-refractivity contribution < 1.29 is 14.4 Å². The number of rotatable bonds is 4. The predicted molar refractivity (Wildman–Crippen MR) is 95.4 cm³/mol. The number of carbonyl (C=O) groups is 3. The van der Waals surface area contributed by atoms with Gasteiger partial charge in [-0.2, -0.15) is 5.01 Å². The summed E-state index contributed by atoms with van der Waals surface area (Å²) in [6.07, 6.45) is 0.367. The van der Waals surface area contributed by atoms with E-state index < -0.39 is 23.4 Å². The van der Waals surface area contributed by atoms with Crippen LogP contribution in [0.1, 0.15) is 29.3 Å². The van der Waals surface area contributed by atoms with E-state index in [1.807, 2.05) is 13.0 Å². The molecule has 0 spiro atoms. The van der Waals surface area contributed by atoms with E-state index in [1.165, 1.54) is 0 Å². The third-order valence-electron chi connectivity index (χ3n) is 4.21. The number of amides is 4. The van der Waals surface area contributed by atoms with Crippen LogP contribution in [-0.2, 0) is 10.3 Å². The monoisotopic (exact) mass is 401 g/mol. The summed E-state index contributed by atoms with van der Waals surface area (Å²) in [6, 6.07) is 15.0. The molecule has 0 aromatic heterocycles. The maximum Gasteiger partial charge on any atom is 0.344 e. The van der Waals surface area contributed by atoms with Crippen molar-refractivity contribution in [2.24, 2.45) is 0 Å². The summed E-state index contributed by atoms with van der Waals surface area (Å²) in [5.41, 5.74) is 2.24. The highest BCUT2D eigenvalue weighted by molar-refractivity contribution is 9.10. The van der Waals surface area contributed by atoms with Gasteiger partial charge in [-0.25, -0.2) is 4.79 Å². The van der Waals surface area contributed by atoms with Gasteiger partial charge in [0.1, 0.15) is 5.54 Å². The van der Waals surface area contributed by atoms with Crippen molar-refractivity contribution in [1.82, 2.24) is 15.8 Å². The molecule has 0 saturated carbocycles. The summed E-state index contributed by atoms with van der Waals surface area (Å²) in [5, 5.41) is 3.47. The van der Waals surface area contributed by atoms with Gasteiger partial charge in [-0.05, 0) is 36.2 Å². The van der Waals surface area contributed by atoms with E-state index >= 15 is 0 Å². The molecule has 25 heavy (non-hydrogen) atoms. The molecule has 3 rings (SSSR count). The topological polar surface area (TPSA) is 78.5 Å². The Kier molecular flexibility index (Phi) is 4.59. The Morgan fingerprint density at radius 1 is 1.12 bits per heavy atom. The van der Waals surface area contributed by atoms with E-state index in [0.29, 0.717) is 17.5 Å². The maximum absolute atomic E-state index is 12.9. The summed E-state index contributed by atoms with van der Waals surface area (Å²) >= 11 is 3.29. The van der Waals surface area contributed by atoms with Gasteiger partial charge in [0.2, 0.25) is 0 Å². The Hall–Kier alpha value is -2.67. The molecule has 4 amide bonds. The Bertz CT molecular complexity index is 823. The lowest BCUT2D eigenvalue weighted by molar-refractivity contribution is -0.133. The average molecular weight is 402 g/mol. The van der Waals surface area contributed by atoms with E-state index in [4.69, 9.17) is 0 Å². The molecule has 1 fully saturated rings. The molecule has 1 aliphatic rings. The number of hydrazine groups is 1. The highest BCUT2D eigenvalue weighted by Gasteiger charge is 2.52. The minimum Gasteiger partial charge on any atom is -0.318 e. The van der Waals surface area contributed by atoms with Crippen LogP contribution in [0, 0.1) is 0 Å². The number of hydrogen-bond donors (Lipinski definition) is 2. The number of imide groups is 1. The minimum absolute atomic E-state index is 0.345. The quantitative estimate of drug-likeness (QED) is 0.772. The highest BCUT2D eigenvalue weighted by Crippen LogP contribution is 2.31. The second kappa shape index (κ2) is 6.68. The normalized spacial score (nSPS) is 19.7. The predicted octanol–water partition coefficient (Wildman–Crippen LogP) is 2.95. The summed E-state index contributed by atoms with van der Waals surface area (Å²) in [5.74, 6) is -1.03. The molecule has 1 heterocycles. The van der Waals surface area contributed by atoms with Gasteiger partial charge in [0, 0.05) is 10.0 Å². The zero-order chi connectivity index (χ0) is 18.0. The van der Waals surface area contributed by atoms with Crippen LogP contribution in [0.3, 0.4) is 0 Å². The summed E-state index contributed by atoms with van der Waals surface area (Å²) in [6.45, 7) is 1.81. The number of carbonyl (C=O) groups excluding carboxylic acids is 3. The van der Waals surface area contributed by atoms with Crippen LogP contribution in [0.2, 0.25) is 0 Å². The first-order valence-electron chi connectivity index (χ1n) is 7.76. The zero-order valence-corrected chi connectivity index (χ0v) is 15.0. The molecule has 6 nitrogen and oxygen atoms in total. The van der Waals surface area contributed by atoms with Crippen molar-refractivity contribution in [3.8, 4) is 0 Å². The number of nitrogens with one attached hydrogen (secondary N) is 2. The molecular weight excluding hydrogens is 386 g/mol. The Morgan fingerprint density at radius 2 is 1.76 bits per heavy atom. The van der Waals surface area contributed by atoms with Gasteiger partial charge in [0.25, 0.3) is 11.8 Å². The number of nitrogens with zero attached hydrogens (tertiary/aromatic N) is 1. The fraction of sp³-hybridized carbons (Fsp3) is 0.167. The summed E-state index contributed by atoms with van der Waals surface area (Å²) < 4.78 is 0.827. The lowest BCUT2D eigenvalue weighted by Gasteiger charge is -2.25. The number of benzene rings is 2. The standard InChI is InChI=1S/C18H16BrN3O3/c1-2-18(13-6-4-3-5-7-13)16(24)22(17(25)20-18)21-15(23)12-8-10-14(19)11-9-12/h3-11H,2H2,1H3,(H,20,25)(H,21,23). The van der Waals surface area contributed by atoms with E-state index in [9.17, 15) is 14.4 Å². The van der Waals surface area contributed by atoms with Crippen molar-refractivity contribution in [2.45, 2.75) is 18.9 Å². The first-order valence-corrected chi connectivity index (χ1v) is 8.56. The molecule has 2 aromatic carbocycles. The molecule has 1 aliphatic heterocycles. The largest absolute Gasteiger partial charge is 0.344 e. The van der Waals surface area contributed by atoms with E-state index in [1.54, 1.807) is 48.5 Å². The van der Waals surface area contributed by atoms with Gasteiger partial charge in [0.15, 0.2) is 0 Å². The molecule has 1 unspecified atom stereocenters. The number of halogens is 1. The number of hydrogen-bond acceptors (Lipinski definition) is 3. The van der Waals surface area contributed by atoms with Crippen LogP contribution in [0.25, 0.3) is 0 Å². The van der Waals surface area contributed by atoms with Crippen LogP contribution in [0.4, 0.5) is 4.79 Å². The first-order chi connectivity index (χ1) is 12.0. The van der Waals surface area contributed by atoms with Gasteiger partial charge < -0.3 is 5.32 Å². The number of urea groups is 1. The van der Waals surface area contributed by atoms with Crippen LogP contribution in [0.15, 0.2) is 59.1 Å². The molecule has 1 saturated heterocycles. The van der Waals surface area contributed by atoms with Gasteiger partial charge in [0.05, 0.1) is 0 Å². The molecule has 0 aliphatic carbocycles. The van der Waals surface area contributed by atoms with Crippen molar-refractivity contribution in [3.05, 3.63) is 70.2 Å². The molecule has 0 radical (unpaired) electrons. The molecule has 7 heteroatoms. The van der Waals surface area contributed by atoms with E-state index in [0.717, 1.165) is 9.48 Å². The second-order valence-corrected chi connectivity index (χ2v) is 6.56. The van der Waals surface area contributed by atoms with Gasteiger partial charge in [-0.3, -0.25) is 15.0 Å². The molecular formula is C18H16BrN3O3. The Labute approximate surface area is 153 Å². The zero-order valence-electron chi connectivity index (χ0n) is 13.5.